The number of thioether (sulfide) groups is 1. The topological polar surface area (TPSA) is 86.9 Å². The summed E-state index contributed by atoms with van der Waals surface area (Å²) in [6.07, 6.45) is 6.37. The number of anilines is 1. The van der Waals surface area contributed by atoms with Crippen LogP contribution in [0.1, 0.15) is 43.1 Å². The molecule has 2 heterocycles. The molecule has 0 spiro atoms. The van der Waals surface area contributed by atoms with Crippen LogP contribution < -0.4 is 10.1 Å². The Labute approximate surface area is 208 Å². The number of aryl methyl sites for hydroxylation is 1. The highest BCUT2D eigenvalue weighted by molar-refractivity contribution is 7.99. The van der Waals surface area contributed by atoms with Gasteiger partial charge >= 0.3 is 0 Å². The van der Waals surface area contributed by atoms with Crippen molar-refractivity contribution in [1.29, 1.82) is 0 Å². The number of nitrogens with zero attached hydrogens (tertiary/aromatic N) is 5. The Hall–Kier alpha value is -3.59. The maximum atomic E-state index is 12.8. The molecule has 1 N–H and O–H groups in total. The van der Waals surface area contributed by atoms with Gasteiger partial charge in [-0.2, -0.15) is 5.10 Å². The molecule has 35 heavy (non-hydrogen) atoms. The Morgan fingerprint density at radius 2 is 1.83 bits per heavy atom. The van der Waals surface area contributed by atoms with E-state index >= 15 is 0 Å². The van der Waals surface area contributed by atoms with Crippen LogP contribution in [0.15, 0.2) is 72.0 Å². The molecule has 1 saturated carbocycles. The van der Waals surface area contributed by atoms with Gasteiger partial charge in [-0.1, -0.05) is 61.0 Å². The van der Waals surface area contributed by atoms with E-state index in [0.717, 1.165) is 35.7 Å². The van der Waals surface area contributed by atoms with Crippen LogP contribution in [0.4, 0.5) is 5.82 Å². The summed E-state index contributed by atoms with van der Waals surface area (Å²) >= 11 is 1.35. The molecule has 0 bridgehead atoms. The van der Waals surface area contributed by atoms with E-state index in [1.807, 2.05) is 76.8 Å². The number of para-hydroxylation sites is 2. The lowest BCUT2D eigenvalue weighted by Crippen LogP contribution is -2.19. The van der Waals surface area contributed by atoms with Crippen LogP contribution >= 0.6 is 11.8 Å². The van der Waals surface area contributed by atoms with Gasteiger partial charge in [0.1, 0.15) is 18.2 Å². The molecule has 2 aromatic carbocycles. The summed E-state index contributed by atoms with van der Waals surface area (Å²) in [6.45, 7) is 2.27. The molecule has 0 radical (unpaired) electrons. The molecular formula is C26H28N6O2S. The first-order valence-corrected chi connectivity index (χ1v) is 12.8. The Bertz CT molecular complexity index is 1280. The number of ether oxygens (including phenoxy) is 1. The van der Waals surface area contributed by atoms with Crippen molar-refractivity contribution >= 4 is 23.5 Å². The van der Waals surface area contributed by atoms with Crippen LogP contribution in [-0.4, -0.2) is 36.2 Å². The number of benzene rings is 2. The standard InChI is InChI=1S/C26H28N6O2S/c1-19-9-5-8-14-22(19)34-17-24-29-30-26(31(24)20-10-3-2-4-11-20)35-18-25(33)28-23-15-16-27-32(23)21-12-6-7-13-21/h2-5,8-11,14-16,21H,6-7,12-13,17-18H2,1H3,(H,28,33). The van der Waals surface area contributed by atoms with Gasteiger partial charge in [-0.3, -0.25) is 9.36 Å². The molecule has 0 saturated heterocycles. The van der Waals surface area contributed by atoms with E-state index in [-0.39, 0.29) is 18.3 Å². The molecule has 1 aliphatic carbocycles. The Balaban J connectivity index is 1.29. The molecule has 0 aliphatic heterocycles. The molecule has 0 unspecified atom stereocenters. The molecule has 9 heteroatoms. The Kier molecular flexibility index (Phi) is 7.13. The number of nitrogens with one attached hydrogen (secondary N) is 1. The number of amides is 1. The summed E-state index contributed by atoms with van der Waals surface area (Å²) in [5.74, 6) is 2.33. The van der Waals surface area contributed by atoms with Gasteiger partial charge in [-0.15, -0.1) is 10.2 Å². The summed E-state index contributed by atoms with van der Waals surface area (Å²) in [7, 11) is 0. The minimum Gasteiger partial charge on any atom is -0.485 e. The fourth-order valence-corrected chi connectivity index (χ4v) is 5.12. The SMILES string of the molecule is Cc1ccccc1OCc1nnc(SCC(=O)Nc2ccnn2C2CCCC2)n1-c1ccccc1. The Morgan fingerprint density at radius 1 is 1.06 bits per heavy atom. The van der Waals surface area contributed by atoms with E-state index in [9.17, 15) is 4.79 Å². The molecule has 180 valence electrons. The van der Waals surface area contributed by atoms with Crippen LogP contribution in [-0.2, 0) is 11.4 Å². The number of carbonyl (C=O) groups is 1. The third kappa shape index (κ3) is 5.40. The average Bonchev–Trinajstić information content (AvgIpc) is 3.64. The molecule has 1 aliphatic rings. The van der Waals surface area contributed by atoms with E-state index in [1.54, 1.807) is 6.20 Å². The molecule has 4 aromatic rings. The lowest BCUT2D eigenvalue weighted by Gasteiger charge is -2.14. The van der Waals surface area contributed by atoms with Crippen molar-refractivity contribution in [3.63, 3.8) is 0 Å². The fourth-order valence-electron chi connectivity index (χ4n) is 4.35. The first kappa shape index (κ1) is 23.2. The minimum absolute atomic E-state index is 0.102. The van der Waals surface area contributed by atoms with Crippen molar-refractivity contribution in [2.45, 2.75) is 50.4 Å². The van der Waals surface area contributed by atoms with E-state index in [1.165, 1.54) is 24.6 Å². The van der Waals surface area contributed by atoms with Crippen LogP contribution in [0, 0.1) is 6.92 Å². The predicted octanol–water partition coefficient (Wildman–Crippen LogP) is 5.20. The largest absolute Gasteiger partial charge is 0.485 e. The second-order valence-corrected chi connectivity index (χ2v) is 9.50. The van der Waals surface area contributed by atoms with Gasteiger partial charge in [0.05, 0.1) is 18.0 Å². The lowest BCUT2D eigenvalue weighted by atomic mass is 10.2. The zero-order valence-electron chi connectivity index (χ0n) is 19.6. The van der Waals surface area contributed by atoms with Gasteiger partial charge in [0.15, 0.2) is 11.0 Å². The van der Waals surface area contributed by atoms with Crippen molar-refractivity contribution in [3.8, 4) is 11.4 Å². The molecular weight excluding hydrogens is 460 g/mol. The lowest BCUT2D eigenvalue weighted by molar-refractivity contribution is -0.113. The second-order valence-electron chi connectivity index (χ2n) is 8.56. The Morgan fingerprint density at radius 3 is 2.63 bits per heavy atom. The van der Waals surface area contributed by atoms with Crippen molar-refractivity contribution in [1.82, 2.24) is 24.5 Å². The summed E-state index contributed by atoms with van der Waals surface area (Å²) in [5.41, 5.74) is 1.98. The predicted molar refractivity (Wildman–Crippen MR) is 136 cm³/mol. The molecule has 0 atom stereocenters. The minimum atomic E-state index is -0.102. The zero-order valence-corrected chi connectivity index (χ0v) is 20.4. The normalized spacial score (nSPS) is 13.7. The van der Waals surface area contributed by atoms with Crippen LogP contribution in [0.2, 0.25) is 0 Å². The van der Waals surface area contributed by atoms with E-state index in [0.29, 0.717) is 17.0 Å². The van der Waals surface area contributed by atoms with Gasteiger partial charge < -0.3 is 10.1 Å². The van der Waals surface area contributed by atoms with Crippen molar-refractivity contribution in [2.75, 3.05) is 11.1 Å². The molecule has 1 fully saturated rings. The van der Waals surface area contributed by atoms with Crippen LogP contribution in [0.5, 0.6) is 5.75 Å². The number of rotatable bonds is 9. The quantitative estimate of drug-likeness (QED) is 0.326. The third-order valence-corrected chi connectivity index (χ3v) is 7.03. The van der Waals surface area contributed by atoms with Gasteiger partial charge in [0.25, 0.3) is 0 Å². The number of hydrogen-bond donors (Lipinski definition) is 1. The van der Waals surface area contributed by atoms with Gasteiger partial charge in [-0.05, 0) is 43.5 Å². The first-order chi connectivity index (χ1) is 17.2. The third-order valence-electron chi connectivity index (χ3n) is 6.11. The highest BCUT2D eigenvalue weighted by Crippen LogP contribution is 2.31. The van der Waals surface area contributed by atoms with Gasteiger partial charge in [-0.25, -0.2) is 4.68 Å². The fraction of sp³-hybridized carbons (Fsp3) is 0.308. The molecule has 1 amide bonds. The second kappa shape index (κ2) is 10.8. The van der Waals surface area contributed by atoms with Crippen molar-refractivity contribution in [2.24, 2.45) is 0 Å². The maximum Gasteiger partial charge on any atom is 0.235 e. The molecule has 5 rings (SSSR count). The van der Waals surface area contributed by atoms with Crippen molar-refractivity contribution < 1.29 is 9.53 Å². The maximum absolute atomic E-state index is 12.8. The van der Waals surface area contributed by atoms with Gasteiger partial charge in [0.2, 0.25) is 5.91 Å². The van der Waals surface area contributed by atoms with Gasteiger partial charge in [0, 0.05) is 11.8 Å². The number of aromatic nitrogens is 5. The van der Waals surface area contributed by atoms with E-state index in [2.05, 4.69) is 20.6 Å². The van der Waals surface area contributed by atoms with E-state index < -0.39 is 0 Å². The summed E-state index contributed by atoms with van der Waals surface area (Å²) in [4.78, 5) is 12.8. The molecule has 2 aromatic heterocycles. The van der Waals surface area contributed by atoms with Crippen LogP contribution in [0.3, 0.4) is 0 Å². The zero-order chi connectivity index (χ0) is 24.0. The summed E-state index contributed by atoms with van der Waals surface area (Å²) < 4.78 is 9.93. The van der Waals surface area contributed by atoms with E-state index in [4.69, 9.17) is 4.74 Å². The first-order valence-electron chi connectivity index (χ1n) is 11.8. The van der Waals surface area contributed by atoms with Crippen LogP contribution in [0.25, 0.3) is 5.69 Å². The highest BCUT2D eigenvalue weighted by Gasteiger charge is 2.21. The number of hydrogen-bond acceptors (Lipinski definition) is 6. The number of carbonyl (C=O) groups excluding carboxylic acids is 1. The summed E-state index contributed by atoms with van der Waals surface area (Å²) in [6, 6.07) is 20.0. The highest BCUT2D eigenvalue weighted by atomic mass is 32.2. The summed E-state index contributed by atoms with van der Waals surface area (Å²) in [5, 5.41) is 16.8. The molecule has 8 nitrogen and oxygen atoms in total. The average molecular weight is 489 g/mol. The van der Waals surface area contributed by atoms with Crippen molar-refractivity contribution in [3.05, 3.63) is 78.2 Å². The monoisotopic (exact) mass is 488 g/mol. The smallest absolute Gasteiger partial charge is 0.235 e.